The van der Waals surface area contributed by atoms with Crippen LogP contribution in [-0.2, 0) is 16.8 Å². The molecule has 1 aliphatic heterocycles. The fourth-order valence-electron chi connectivity index (χ4n) is 6.33. The average molecular weight is 514 g/mol. The van der Waals surface area contributed by atoms with Gasteiger partial charge in [0.1, 0.15) is 0 Å². The lowest BCUT2D eigenvalue weighted by molar-refractivity contribution is -0.153. The van der Waals surface area contributed by atoms with Crippen molar-refractivity contribution in [3.63, 3.8) is 0 Å². The maximum absolute atomic E-state index is 13.6. The molecule has 6 heteroatoms. The Morgan fingerprint density at radius 3 is 2.58 bits per heavy atom. The van der Waals surface area contributed by atoms with Crippen LogP contribution in [0.3, 0.4) is 0 Å². The molecule has 0 saturated heterocycles. The molecule has 2 saturated carbocycles. The first-order valence-corrected chi connectivity index (χ1v) is 13.6. The zero-order valence-corrected chi connectivity index (χ0v) is 21.1. The number of benzene rings is 3. The molecule has 4 aromatic rings. The second kappa shape index (κ2) is 7.99. The lowest BCUT2D eigenvalue weighted by atomic mass is 9.64. The van der Waals surface area contributed by atoms with Gasteiger partial charge < -0.3 is 5.11 Å². The number of pyridine rings is 1. The van der Waals surface area contributed by atoms with Gasteiger partial charge >= 0.3 is 5.97 Å². The van der Waals surface area contributed by atoms with Gasteiger partial charge in [-0.05, 0) is 76.8 Å². The van der Waals surface area contributed by atoms with Gasteiger partial charge in [-0.25, -0.2) is 4.79 Å². The molecule has 2 aliphatic carbocycles. The van der Waals surface area contributed by atoms with E-state index in [1.54, 1.807) is 22.4 Å². The van der Waals surface area contributed by atoms with Crippen molar-refractivity contribution in [2.24, 2.45) is 0 Å². The second-order valence-electron chi connectivity index (χ2n) is 10.3. The van der Waals surface area contributed by atoms with Gasteiger partial charge in [0.15, 0.2) is 5.54 Å². The SMILES string of the molecule is O=C(O)C12C[C@H](c3cccc(Cl)c3)C1Sc1c(C3CC3)c(Cc3cccc4ccccc34)cc(=O)n12. The highest BCUT2D eigenvalue weighted by atomic mass is 35.5. The van der Waals surface area contributed by atoms with Crippen LogP contribution in [0.5, 0.6) is 0 Å². The van der Waals surface area contributed by atoms with Gasteiger partial charge in [-0.2, -0.15) is 0 Å². The third-order valence-corrected chi connectivity index (χ3v) is 10.0. The van der Waals surface area contributed by atoms with Gasteiger partial charge in [0, 0.05) is 17.0 Å². The van der Waals surface area contributed by atoms with E-state index < -0.39 is 11.5 Å². The number of thioether (sulfide) groups is 1. The van der Waals surface area contributed by atoms with Gasteiger partial charge in [-0.3, -0.25) is 9.36 Å². The Balaban J connectivity index is 1.36. The van der Waals surface area contributed by atoms with Crippen molar-refractivity contribution in [2.75, 3.05) is 0 Å². The van der Waals surface area contributed by atoms with Gasteiger partial charge in [0.25, 0.3) is 5.56 Å². The molecule has 180 valence electrons. The molecule has 3 aromatic carbocycles. The largest absolute Gasteiger partial charge is 0.479 e. The summed E-state index contributed by atoms with van der Waals surface area (Å²) in [5, 5.41) is 14.1. The van der Waals surface area contributed by atoms with Gasteiger partial charge in [0.2, 0.25) is 0 Å². The highest BCUT2D eigenvalue weighted by Crippen LogP contribution is 2.64. The van der Waals surface area contributed by atoms with Gasteiger partial charge in [-0.15, -0.1) is 11.8 Å². The second-order valence-corrected chi connectivity index (χ2v) is 11.9. The first-order chi connectivity index (χ1) is 17.5. The molecule has 36 heavy (non-hydrogen) atoms. The van der Waals surface area contributed by atoms with Gasteiger partial charge in [-0.1, -0.05) is 66.2 Å². The highest BCUT2D eigenvalue weighted by Gasteiger charge is 2.66. The molecule has 0 amide bonds. The molecule has 4 nitrogen and oxygen atoms in total. The predicted octanol–water partition coefficient (Wildman–Crippen LogP) is 6.56. The summed E-state index contributed by atoms with van der Waals surface area (Å²) < 4.78 is 1.63. The zero-order valence-electron chi connectivity index (χ0n) is 19.5. The summed E-state index contributed by atoms with van der Waals surface area (Å²) >= 11 is 7.86. The topological polar surface area (TPSA) is 59.3 Å². The molecule has 0 spiro atoms. The molecule has 2 fully saturated rings. The van der Waals surface area contributed by atoms with Crippen molar-refractivity contribution >= 4 is 40.1 Å². The number of fused-ring (bicyclic) bond motifs is 4. The Kier molecular flexibility index (Phi) is 4.93. The number of carboxylic acid groups (broad SMARTS) is 1. The number of halogens is 1. The van der Waals surface area contributed by atoms with Crippen LogP contribution in [0.1, 0.15) is 53.4 Å². The predicted molar refractivity (Wildman–Crippen MR) is 143 cm³/mol. The van der Waals surface area contributed by atoms with Crippen LogP contribution < -0.4 is 5.56 Å². The van der Waals surface area contributed by atoms with Crippen molar-refractivity contribution in [2.45, 2.75) is 53.3 Å². The van der Waals surface area contributed by atoms with Crippen molar-refractivity contribution in [1.29, 1.82) is 0 Å². The van der Waals surface area contributed by atoms with E-state index in [-0.39, 0.29) is 16.7 Å². The van der Waals surface area contributed by atoms with Crippen LogP contribution in [0.2, 0.25) is 5.02 Å². The molecular weight excluding hydrogens is 490 g/mol. The van der Waals surface area contributed by atoms with Crippen molar-refractivity contribution in [3.05, 3.63) is 110 Å². The molecule has 1 aromatic heterocycles. The number of rotatable bonds is 5. The minimum atomic E-state index is -1.20. The fourth-order valence-corrected chi connectivity index (χ4v) is 8.47. The normalized spacial score (nSPS) is 24.2. The lowest BCUT2D eigenvalue weighted by Crippen LogP contribution is -2.61. The Morgan fingerprint density at radius 1 is 1.03 bits per heavy atom. The average Bonchev–Trinajstić information content (AvgIpc) is 3.64. The fraction of sp³-hybridized carbons (Fsp3) is 0.267. The van der Waals surface area contributed by atoms with Crippen LogP contribution in [0.4, 0.5) is 0 Å². The van der Waals surface area contributed by atoms with Crippen molar-refractivity contribution < 1.29 is 9.90 Å². The Hall–Kier alpha value is -3.02. The van der Waals surface area contributed by atoms with Crippen LogP contribution >= 0.6 is 23.4 Å². The summed E-state index contributed by atoms with van der Waals surface area (Å²) in [6.07, 6.45) is 3.23. The number of hydrogen-bond acceptors (Lipinski definition) is 3. The molecule has 7 rings (SSSR count). The number of aliphatic carboxylic acids is 1. The van der Waals surface area contributed by atoms with Crippen LogP contribution in [0.15, 0.2) is 82.6 Å². The Morgan fingerprint density at radius 2 is 1.81 bits per heavy atom. The molecule has 2 unspecified atom stereocenters. The maximum atomic E-state index is 13.6. The van der Waals surface area contributed by atoms with Crippen molar-refractivity contribution in [3.8, 4) is 0 Å². The number of nitrogens with zero attached hydrogens (tertiary/aromatic N) is 1. The van der Waals surface area contributed by atoms with E-state index in [9.17, 15) is 14.7 Å². The summed E-state index contributed by atoms with van der Waals surface area (Å²) in [4.78, 5) is 26.4. The smallest absolute Gasteiger partial charge is 0.331 e. The number of aromatic nitrogens is 1. The molecule has 0 bridgehead atoms. The minimum Gasteiger partial charge on any atom is -0.479 e. The van der Waals surface area contributed by atoms with E-state index in [1.165, 1.54) is 21.9 Å². The van der Waals surface area contributed by atoms with E-state index in [2.05, 4.69) is 30.3 Å². The van der Waals surface area contributed by atoms with E-state index in [0.717, 1.165) is 29.0 Å². The van der Waals surface area contributed by atoms with E-state index in [4.69, 9.17) is 11.6 Å². The quantitative estimate of drug-likeness (QED) is 0.328. The zero-order chi connectivity index (χ0) is 24.6. The maximum Gasteiger partial charge on any atom is 0.331 e. The lowest BCUT2D eigenvalue weighted by Gasteiger charge is -2.48. The first-order valence-electron chi connectivity index (χ1n) is 12.4. The molecule has 3 atom stereocenters. The molecule has 2 heterocycles. The number of carbonyl (C=O) groups is 1. The third kappa shape index (κ3) is 3.15. The molecule has 0 radical (unpaired) electrons. The Labute approximate surface area is 217 Å². The molecular formula is C30H24ClNO3S. The number of hydrogen-bond donors (Lipinski definition) is 1. The monoisotopic (exact) mass is 513 g/mol. The van der Waals surface area contributed by atoms with Gasteiger partial charge in [0.05, 0.1) is 10.3 Å². The highest BCUT2D eigenvalue weighted by molar-refractivity contribution is 8.00. The van der Waals surface area contributed by atoms with E-state index in [1.807, 2.05) is 36.4 Å². The van der Waals surface area contributed by atoms with E-state index >= 15 is 0 Å². The van der Waals surface area contributed by atoms with Crippen LogP contribution in [-0.4, -0.2) is 20.9 Å². The third-order valence-electron chi connectivity index (χ3n) is 8.20. The van der Waals surface area contributed by atoms with E-state index in [0.29, 0.717) is 23.8 Å². The number of carboxylic acids is 1. The standard InChI is InChI=1S/C30H24ClNO3S/c31-22-9-4-8-20(14-22)24-16-30(29(34)35)27(24)36-28-26(18-11-12-18)21(15-25(33)32(28)30)13-19-7-3-6-17-5-1-2-10-23(17)19/h1-10,14-15,18,24,27H,11-13,16H2,(H,34,35)/t24-,27?,30?/m1/s1. The first kappa shape index (κ1) is 22.2. The summed E-state index contributed by atoms with van der Waals surface area (Å²) in [5.41, 5.74) is 3.06. The van der Waals surface area contributed by atoms with Crippen LogP contribution in [0, 0.1) is 0 Å². The summed E-state index contributed by atoms with van der Waals surface area (Å²) in [5.74, 6) is -0.488. The molecule has 3 aliphatic rings. The van der Waals surface area contributed by atoms with Crippen molar-refractivity contribution in [1.82, 2.24) is 4.57 Å². The minimum absolute atomic E-state index is 0.0395. The Bertz CT molecular complexity index is 1620. The summed E-state index contributed by atoms with van der Waals surface area (Å²) in [7, 11) is 0. The molecule has 1 N–H and O–H groups in total. The summed E-state index contributed by atoms with van der Waals surface area (Å²) in [6.45, 7) is 0. The summed E-state index contributed by atoms with van der Waals surface area (Å²) in [6, 6.07) is 24.0. The van der Waals surface area contributed by atoms with Crippen LogP contribution in [0.25, 0.3) is 10.8 Å².